The molecule has 0 spiro atoms. The molecule has 26 heavy (non-hydrogen) atoms. The zero-order chi connectivity index (χ0) is 17.9. The zero-order valence-corrected chi connectivity index (χ0v) is 14.5. The van der Waals surface area contributed by atoms with Crippen LogP contribution < -0.4 is 0 Å². The third kappa shape index (κ3) is 3.09. The fraction of sp³-hybridized carbons (Fsp3) is 0.263. The molecule has 1 aromatic heterocycles. The summed E-state index contributed by atoms with van der Waals surface area (Å²) in [6.07, 6.45) is 0. The van der Waals surface area contributed by atoms with Gasteiger partial charge < -0.3 is 9.80 Å². The molecule has 1 amide bonds. The van der Waals surface area contributed by atoms with Crippen LogP contribution in [0.25, 0.3) is 11.4 Å². The first-order valence-electron chi connectivity index (χ1n) is 8.61. The molecule has 7 heteroatoms. The molecule has 1 N–H and O–H groups in total. The lowest BCUT2D eigenvalue weighted by Gasteiger charge is -2.40. The number of carbonyl (C=O) groups is 1. The minimum atomic E-state index is -0.00708. The van der Waals surface area contributed by atoms with E-state index in [1.165, 1.54) is 0 Å². The third-order valence-electron chi connectivity index (χ3n) is 4.77. The normalized spacial score (nSPS) is 18.0. The van der Waals surface area contributed by atoms with Crippen LogP contribution in [0.1, 0.15) is 22.0 Å². The first kappa shape index (κ1) is 16.4. The number of carbonyl (C=O) groups excluding carboxylic acids is 1. The molecule has 1 saturated heterocycles. The van der Waals surface area contributed by atoms with Crippen LogP contribution in [-0.4, -0.2) is 63.0 Å². The van der Waals surface area contributed by atoms with Gasteiger partial charge in [0, 0.05) is 25.2 Å². The van der Waals surface area contributed by atoms with Gasteiger partial charge in [0.05, 0.1) is 11.6 Å². The number of aromatic amines is 1. The van der Waals surface area contributed by atoms with Crippen LogP contribution >= 0.6 is 0 Å². The fourth-order valence-electron chi connectivity index (χ4n) is 3.42. The van der Waals surface area contributed by atoms with Crippen molar-refractivity contribution in [2.45, 2.75) is 6.04 Å². The number of rotatable bonds is 3. The van der Waals surface area contributed by atoms with E-state index in [9.17, 15) is 4.79 Å². The van der Waals surface area contributed by atoms with Crippen molar-refractivity contribution in [3.63, 3.8) is 0 Å². The van der Waals surface area contributed by atoms with E-state index >= 15 is 0 Å². The quantitative estimate of drug-likeness (QED) is 0.783. The van der Waals surface area contributed by atoms with E-state index in [-0.39, 0.29) is 11.9 Å². The molecule has 4 rings (SSSR count). The second kappa shape index (κ2) is 7.05. The van der Waals surface area contributed by atoms with E-state index in [0.29, 0.717) is 23.5 Å². The second-order valence-electron chi connectivity index (χ2n) is 6.47. The molecule has 1 atom stereocenters. The smallest absolute Gasteiger partial charge is 0.255 e. The number of hydrogen-bond acceptors (Lipinski definition) is 5. The maximum atomic E-state index is 13.4. The Kier molecular flexibility index (Phi) is 4.45. The van der Waals surface area contributed by atoms with Crippen LogP contribution in [0.5, 0.6) is 0 Å². The predicted molar refractivity (Wildman–Crippen MR) is 97.3 cm³/mol. The molecule has 1 aliphatic rings. The Labute approximate surface area is 151 Å². The Balaban J connectivity index is 1.71. The van der Waals surface area contributed by atoms with Gasteiger partial charge >= 0.3 is 0 Å². The van der Waals surface area contributed by atoms with Gasteiger partial charge in [-0.3, -0.25) is 4.79 Å². The Morgan fingerprint density at radius 3 is 2.62 bits per heavy atom. The van der Waals surface area contributed by atoms with Crippen molar-refractivity contribution < 1.29 is 4.79 Å². The Morgan fingerprint density at radius 2 is 1.85 bits per heavy atom. The van der Waals surface area contributed by atoms with Crippen molar-refractivity contribution in [1.29, 1.82) is 0 Å². The Hall–Kier alpha value is -3.06. The fourth-order valence-corrected chi connectivity index (χ4v) is 3.42. The molecule has 0 unspecified atom stereocenters. The lowest BCUT2D eigenvalue weighted by Crippen LogP contribution is -2.49. The van der Waals surface area contributed by atoms with Crippen LogP contribution in [-0.2, 0) is 0 Å². The topological polar surface area (TPSA) is 78.0 Å². The van der Waals surface area contributed by atoms with Crippen LogP contribution in [0, 0.1) is 0 Å². The summed E-state index contributed by atoms with van der Waals surface area (Å²) >= 11 is 0. The van der Waals surface area contributed by atoms with Crippen molar-refractivity contribution in [2.75, 3.05) is 26.7 Å². The van der Waals surface area contributed by atoms with Gasteiger partial charge in [-0.25, -0.2) is 0 Å². The highest BCUT2D eigenvalue weighted by Gasteiger charge is 2.32. The molecule has 2 heterocycles. The number of piperazine rings is 1. The summed E-state index contributed by atoms with van der Waals surface area (Å²) in [5.41, 5.74) is 2.43. The monoisotopic (exact) mass is 348 g/mol. The lowest BCUT2D eigenvalue weighted by atomic mass is 9.99. The van der Waals surface area contributed by atoms with Crippen LogP contribution in [0.3, 0.4) is 0 Å². The summed E-state index contributed by atoms with van der Waals surface area (Å²) in [7, 11) is 2.09. The molecular formula is C19H20N6O. The summed E-state index contributed by atoms with van der Waals surface area (Å²) in [6, 6.07) is 17.6. The number of benzene rings is 2. The number of nitrogens with zero attached hydrogens (tertiary/aromatic N) is 5. The van der Waals surface area contributed by atoms with E-state index in [1.54, 1.807) is 0 Å². The molecule has 1 aliphatic heterocycles. The zero-order valence-electron chi connectivity index (χ0n) is 14.5. The highest BCUT2D eigenvalue weighted by molar-refractivity contribution is 6.00. The maximum Gasteiger partial charge on any atom is 0.255 e. The number of hydrogen-bond donors (Lipinski definition) is 1. The average Bonchev–Trinajstić information content (AvgIpc) is 3.23. The van der Waals surface area contributed by atoms with Gasteiger partial charge in [0.15, 0.2) is 0 Å². The third-order valence-corrected chi connectivity index (χ3v) is 4.77. The molecule has 0 aliphatic carbocycles. The van der Waals surface area contributed by atoms with Gasteiger partial charge in [-0.05, 0) is 23.9 Å². The molecule has 0 radical (unpaired) electrons. The number of H-pyrrole nitrogens is 1. The molecule has 3 aromatic rings. The van der Waals surface area contributed by atoms with E-state index < -0.39 is 0 Å². The highest BCUT2D eigenvalue weighted by Crippen LogP contribution is 2.29. The standard InChI is InChI=1S/C19H20N6O/c1-24-11-12-25(17(13-24)14-7-3-2-4-8-14)19(26)16-10-6-5-9-15(16)18-20-22-23-21-18/h2-10,17H,11-13H2,1H3,(H,20,21,22,23)/t17-/m0/s1. The second-order valence-corrected chi connectivity index (χ2v) is 6.47. The maximum absolute atomic E-state index is 13.4. The molecule has 0 saturated carbocycles. The Morgan fingerprint density at radius 1 is 1.08 bits per heavy atom. The SMILES string of the molecule is CN1CCN(C(=O)c2ccccc2-c2nn[nH]n2)[C@H](c2ccccc2)C1. The van der Waals surface area contributed by atoms with Gasteiger partial charge in [0.2, 0.25) is 5.82 Å². The molecule has 2 aromatic carbocycles. The van der Waals surface area contributed by atoms with Crippen LogP contribution in [0.2, 0.25) is 0 Å². The largest absolute Gasteiger partial charge is 0.329 e. The number of amides is 1. The van der Waals surface area contributed by atoms with E-state index in [0.717, 1.165) is 18.7 Å². The van der Waals surface area contributed by atoms with Gasteiger partial charge in [0.1, 0.15) is 0 Å². The first-order chi connectivity index (χ1) is 12.7. The van der Waals surface area contributed by atoms with Crippen molar-refractivity contribution in [3.05, 3.63) is 65.7 Å². The van der Waals surface area contributed by atoms with Gasteiger partial charge in [-0.15, -0.1) is 10.2 Å². The summed E-state index contributed by atoms with van der Waals surface area (Å²) < 4.78 is 0. The molecular weight excluding hydrogens is 328 g/mol. The van der Waals surface area contributed by atoms with Gasteiger partial charge in [-0.2, -0.15) is 5.21 Å². The van der Waals surface area contributed by atoms with Crippen LogP contribution in [0.15, 0.2) is 54.6 Å². The first-order valence-corrected chi connectivity index (χ1v) is 8.61. The highest BCUT2D eigenvalue weighted by atomic mass is 16.2. The van der Waals surface area contributed by atoms with E-state index in [1.807, 2.05) is 47.4 Å². The number of nitrogens with one attached hydrogen (secondary N) is 1. The molecule has 0 bridgehead atoms. The number of likely N-dealkylation sites (N-methyl/N-ethyl adjacent to an activating group) is 1. The van der Waals surface area contributed by atoms with E-state index in [4.69, 9.17) is 0 Å². The lowest BCUT2D eigenvalue weighted by molar-refractivity contribution is 0.0498. The van der Waals surface area contributed by atoms with Crippen molar-refractivity contribution >= 4 is 5.91 Å². The van der Waals surface area contributed by atoms with Crippen LogP contribution in [0.4, 0.5) is 0 Å². The summed E-state index contributed by atoms with van der Waals surface area (Å²) in [6.45, 7) is 2.33. The predicted octanol–water partition coefficient (Wildman–Crippen LogP) is 2.00. The minimum absolute atomic E-state index is 0.00708. The number of tetrazole rings is 1. The molecule has 7 nitrogen and oxygen atoms in total. The van der Waals surface area contributed by atoms with Gasteiger partial charge in [0.25, 0.3) is 5.91 Å². The Bertz CT molecular complexity index is 880. The van der Waals surface area contributed by atoms with E-state index in [2.05, 4.69) is 44.7 Å². The van der Waals surface area contributed by atoms with Crippen molar-refractivity contribution in [3.8, 4) is 11.4 Å². The molecule has 1 fully saturated rings. The summed E-state index contributed by atoms with van der Waals surface area (Å²) in [5, 5.41) is 14.1. The summed E-state index contributed by atoms with van der Waals surface area (Å²) in [5.74, 6) is 0.423. The molecule has 132 valence electrons. The van der Waals surface area contributed by atoms with Crippen molar-refractivity contribution in [1.82, 2.24) is 30.4 Å². The average molecular weight is 348 g/mol. The summed E-state index contributed by atoms with van der Waals surface area (Å²) in [4.78, 5) is 17.6. The minimum Gasteiger partial charge on any atom is -0.329 e. The number of aromatic nitrogens is 4. The van der Waals surface area contributed by atoms with Crippen molar-refractivity contribution in [2.24, 2.45) is 0 Å². The van der Waals surface area contributed by atoms with Gasteiger partial charge in [-0.1, -0.05) is 48.5 Å².